The summed E-state index contributed by atoms with van der Waals surface area (Å²) in [4.78, 5) is 13.3. The van der Waals surface area contributed by atoms with Gasteiger partial charge in [0.1, 0.15) is 0 Å². The topological polar surface area (TPSA) is 66.6 Å². The zero-order chi connectivity index (χ0) is 13.1. The van der Waals surface area contributed by atoms with Crippen LogP contribution < -0.4 is 10.6 Å². The van der Waals surface area contributed by atoms with Gasteiger partial charge in [0.15, 0.2) is 0 Å². The van der Waals surface area contributed by atoms with Crippen LogP contribution in [0.4, 0.5) is 5.69 Å². The molecule has 98 valence electrons. The van der Waals surface area contributed by atoms with Gasteiger partial charge in [0.25, 0.3) is 0 Å². The van der Waals surface area contributed by atoms with Gasteiger partial charge in [-0.25, -0.2) is 0 Å². The molecule has 1 fully saturated rings. The average Bonchev–Trinajstić information content (AvgIpc) is 2.87. The molecule has 1 unspecified atom stereocenters. The highest BCUT2D eigenvalue weighted by atomic mass is 16.3. The molecule has 1 aliphatic rings. The van der Waals surface area contributed by atoms with Crippen LogP contribution in [0.15, 0.2) is 24.3 Å². The van der Waals surface area contributed by atoms with Crippen molar-refractivity contribution >= 4 is 11.6 Å². The summed E-state index contributed by atoms with van der Waals surface area (Å²) < 4.78 is 0. The molecule has 1 aliphatic heterocycles. The van der Waals surface area contributed by atoms with Crippen molar-refractivity contribution in [2.45, 2.75) is 25.9 Å². The number of nitrogens with two attached hydrogens (primary N) is 1. The van der Waals surface area contributed by atoms with Crippen LogP contribution in [-0.2, 0) is 4.79 Å². The molecule has 0 bridgehead atoms. The fourth-order valence-electron chi connectivity index (χ4n) is 2.49. The van der Waals surface area contributed by atoms with Crippen molar-refractivity contribution in [3.8, 4) is 0 Å². The molecule has 0 aliphatic carbocycles. The minimum atomic E-state index is -0.450. The van der Waals surface area contributed by atoms with Crippen LogP contribution in [0.5, 0.6) is 0 Å². The molecule has 1 aromatic carbocycles. The van der Waals surface area contributed by atoms with Crippen molar-refractivity contribution in [2.24, 2.45) is 11.7 Å². The molecule has 0 spiro atoms. The molecule has 0 saturated carbocycles. The fourth-order valence-corrected chi connectivity index (χ4v) is 2.49. The van der Waals surface area contributed by atoms with E-state index in [1.165, 1.54) is 0 Å². The summed E-state index contributed by atoms with van der Waals surface area (Å²) in [6, 6.07) is 7.83. The van der Waals surface area contributed by atoms with Gasteiger partial charge in [0.05, 0.1) is 12.0 Å². The Labute approximate surface area is 107 Å². The van der Waals surface area contributed by atoms with E-state index in [-0.39, 0.29) is 11.8 Å². The van der Waals surface area contributed by atoms with E-state index >= 15 is 0 Å². The lowest BCUT2D eigenvalue weighted by Gasteiger charge is -2.23. The van der Waals surface area contributed by atoms with Crippen LogP contribution in [0.1, 0.15) is 31.4 Å². The Morgan fingerprint density at radius 1 is 1.56 bits per heavy atom. The van der Waals surface area contributed by atoms with Crippen molar-refractivity contribution < 1.29 is 9.90 Å². The Bertz CT molecular complexity index is 434. The maximum atomic E-state index is 11.2. The smallest absolute Gasteiger partial charge is 0.222 e. The number of hydrogen-bond donors (Lipinski definition) is 2. The molecule has 2 rings (SSSR count). The third-order valence-corrected chi connectivity index (χ3v) is 3.61. The van der Waals surface area contributed by atoms with Gasteiger partial charge in [-0.1, -0.05) is 25.1 Å². The van der Waals surface area contributed by atoms with E-state index in [2.05, 4.69) is 4.90 Å². The van der Waals surface area contributed by atoms with E-state index in [9.17, 15) is 9.90 Å². The van der Waals surface area contributed by atoms with Crippen LogP contribution in [0, 0.1) is 5.92 Å². The number of rotatable bonds is 4. The van der Waals surface area contributed by atoms with Crippen LogP contribution >= 0.6 is 0 Å². The Balaban J connectivity index is 2.21. The highest BCUT2D eigenvalue weighted by molar-refractivity contribution is 5.78. The van der Waals surface area contributed by atoms with E-state index in [1.54, 1.807) is 0 Å². The number of aliphatic hydroxyl groups is 1. The normalized spacial score (nSPS) is 21.0. The number of para-hydroxylation sites is 1. The number of carbonyl (C=O) groups is 1. The van der Waals surface area contributed by atoms with Gasteiger partial charge in [-0.2, -0.15) is 0 Å². The lowest BCUT2D eigenvalue weighted by molar-refractivity contribution is -0.121. The Morgan fingerprint density at radius 2 is 2.28 bits per heavy atom. The molecule has 0 radical (unpaired) electrons. The Morgan fingerprint density at radius 3 is 2.89 bits per heavy atom. The first-order chi connectivity index (χ1) is 8.63. The zero-order valence-electron chi connectivity index (χ0n) is 10.7. The number of primary amides is 1. The van der Waals surface area contributed by atoms with Gasteiger partial charge in [-0.3, -0.25) is 4.79 Å². The summed E-state index contributed by atoms with van der Waals surface area (Å²) >= 11 is 0. The standard InChI is InChI=1S/C14H20N2O2/c1-2-13(17)11-5-3-4-6-12(11)16-8-7-10(9-16)14(15)18/h3-6,10,13,17H,2,7-9H2,1H3,(H2,15,18)/t10?,13-/m1/s1. The minimum Gasteiger partial charge on any atom is -0.388 e. The quantitative estimate of drug-likeness (QED) is 0.847. The second kappa shape index (κ2) is 5.40. The number of benzene rings is 1. The van der Waals surface area contributed by atoms with E-state index in [0.717, 1.165) is 24.2 Å². The molecular formula is C14H20N2O2. The molecule has 3 N–H and O–H groups in total. The largest absolute Gasteiger partial charge is 0.388 e. The Hall–Kier alpha value is -1.55. The molecule has 4 nitrogen and oxygen atoms in total. The monoisotopic (exact) mass is 248 g/mol. The van der Waals surface area contributed by atoms with Crippen molar-refractivity contribution in [1.29, 1.82) is 0 Å². The van der Waals surface area contributed by atoms with Crippen molar-refractivity contribution in [2.75, 3.05) is 18.0 Å². The lowest BCUT2D eigenvalue weighted by atomic mass is 10.0. The Kier molecular flexibility index (Phi) is 3.87. The fraction of sp³-hybridized carbons (Fsp3) is 0.500. The van der Waals surface area contributed by atoms with E-state index < -0.39 is 6.10 Å². The summed E-state index contributed by atoms with van der Waals surface area (Å²) in [6.45, 7) is 3.43. The third-order valence-electron chi connectivity index (χ3n) is 3.61. The minimum absolute atomic E-state index is 0.0724. The molecule has 2 atom stereocenters. The first-order valence-corrected chi connectivity index (χ1v) is 6.44. The third kappa shape index (κ3) is 2.48. The van der Waals surface area contributed by atoms with Crippen molar-refractivity contribution in [3.05, 3.63) is 29.8 Å². The van der Waals surface area contributed by atoms with E-state index in [4.69, 9.17) is 5.73 Å². The SMILES string of the molecule is CC[C@@H](O)c1ccccc1N1CCC(C(N)=O)C1. The number of amides is 1. The molecule has 1 saturated heterocycles. The highest BCUT2D eigenvalue weighted by Gasteiger charge is 2.28. The van der Waals surface area contributed by atoms with Crippen molar-refractivity contribution in [1.82, 2.24) is 0 Å². The average molecular weight is 248 g/mol. The summed E-state index contributed by atoms with van der Waals surface area (Å²) in [5.74, 6) is -0.303. The lowest BCUT2D eigenvalue weighted by Crippen LogP contribution is -2.27. The number of anilines is 1. The molecule has 1 aromatic rings. The van der Waals surface area contributed by atoms with Gasteiger partial charge in [-0.05, 0) is 18.9 Å². The van der Waals surface area contributed by atoms with E-state index in [1.807, 2.05) is 31.2 Å². The van der Waals surface area contributed by atoms with Crippen LogP contribution in [0.3, 0.4) is 0 Å². The van der Waals surface area contributed by atoms with E-state index in [0.29, 0.717) is 13.0 Å². The second-order valence-corrected chi connectivity index (χ2v) is 4.82. The van der Waals surface area contributed by atoms with Gasteiger partial charge in [0.2, 0.25) is 5.91 Å². The summed E-state index contributed by atoms with van der Waals surface area (Å²) in [5.41, 5.74) is 7.31. The molecule has 4 heteroatoms. The maximum absolute atomic E-state index is 11.2. The molecule has 1 amide bonds. The van der Waals surface area contributed by atoms with Crippen LogP contribution in [-0.4, -0.2) is 24.1 Å². The zero-order valence-corrected chi connectivity index (χ0v) is 10.7. The van der Waals surface area contributed by atoms with Crippen LogP contribution in [0.25, 0.3) is 0 Å². The number of carbonyl (C=O) groups excluding carboxylic acids is 1. The van der Waals surface area contributed by atoms with Crippen molar-refractivity contribution in [3.63, 3.8) is 0 Å². The van der Waals surface area contributed by atoms with Gasteiger partial charge < -0.3 is 15.7 Å². The summed E-state index contributed by atoms with van der Waals surface area (Å²) in [6.07, 6.45) is 1.03. The second-order valence-electron chi connectivity index (χ2n) is 4.82. The number of aliphatic hydroxyl groups excluding tert-OH is 1. The summed E-state index contributed by atoms with van der Waals surface area (Å²) in [7, 11) is 0. The molecule has 18 heavy (non-hydrogen) atoms. The maximum Gasteiger partial charge on any atom is 0.222 e. The number of hydrogen-bond acceptors (Lipinski definition) is 3. The molecular weight excluding hydrogens is 228 g/mol. The van der Waals surface area contributed by atoms with Crippen LogP contribution in [0.2, 0.25) is 0 Å². The summed E-state index contributed by atoms with van der Waals surface area (Å²) in [5, 5.41) is 10.0. The van der Waals surface area contributed by atoms with Gasteiger partial charge in [-0.15, -0.1) is 0 Å². The molecule has 0 aromatic heterocycles. The first kappa shape index (κ1) is 12.9. The molecule has 1 heterocycles. The number of nitrogens with zero attached hydrogens (tertiary/aromatic N) is 1. The first-order valence-electron chi connectivity index (χ1n) is 6.44. The van der Waals surface area contributed by atoms with Gasteiger partial charge >= 0.3 is 0 Å². The predicted octanol–water partition coefficient (Wildman–Crippen LogP) is 1.44. The van der Waals surface area contributed by atoms with Gasteiger partial charge in [0, 0.05) is 24.3 Å². The predicted molar refractivity (Wildman–Crippen MR) is 71.2 cm³/mol. The highest BCUT2D eigenvalue weighted by Crippen LogP contribution is 2.31.